The monoisotopic (exact) mass is 416 g/mol. The highest BCUT2D eigenvalue weighted by Crippen LogP contribution is 2.26. The quantitative estimate of drug-likeness (QED) is 0.652. The van der Waals surface area contributed by atoms with Crippen molar-refractivity contribution in [2.24, 2.45) is 5.41 Å². The predicted molar refractivity (Wildman–Crippen MR) is 115 cm³/mol. The Hall–Kier alpha value is -2.67. The Labute approximate surface area is 175 Å². The first-order valence-corrected chi connectivity index (χ1v) is 10.3. The number of hydrogen-bond donors (Lipinski definition) is 2. The third-order valence-electron chi connectivity index (χ3n) is 3.91. The average Bonchev–Trinajstić information content (AvgIpc) is 3.12. The van der Waals surface area contributed by atoms with Gasteiger partial charge in [0.05, 0.1) is 10.4 Å². The van der Waals surface area contributed by atoms with Crippen molar-refractivity contribution in [1.29, 1.82) is 0 Å². The van der Waals surface area contributed by atoms with Crippen molar-refractivity contribution >= 4 is 34.8 Å². The maximum absolute atomic E-state index is 12.2. The highest BCUT2D eigenvalue weighted by Gasteiger charge is 2.27. The molecule has 29 heavy (non-hydrogen) atoms. The number of esters is 1. The SMILES string of the molecule is CC(C)(C)CC(C)(C)NC(=O)COC(=O)c1ccc(NC(=O)c2cccs2)cc1. The van der Waals surface area contributed by atoms with E-state index in [9.17, 15) is 14.4 Å². The number of ether oxygens (including phenoxy) is 1. The molecule has 7 heteroatoms. The highest BCUT2D eigenvalue weighted by molar-refractivity contribution is 7.12. The molecule has 6 nitrogen and oxygen atoms in total. The van der Waals surface area contributed by atoms with Crippen LogP contribution in [0.15, 0.2) is 41.8 Å². The molecule has 0 spiro atoms. The number of rotatable bonds is 7. The number of hydrogen-bond acceptors (Lipinski definition) is 5. The zero-order valence-electron chi connectivity index (χ0n) is 17.5. The zero-order chi connectivity index (χ0) is 21.7. The van der Waals surface area contributed by atoms with E-state index in [-0.39, 0.29) is 23.8 Å². The van der Waals surface area contributed by atoms with Crippen LogP contribution in [-0.4, -0.2) is 29.9 Å². The number of thiophene rings is 1. The molecule has 0 radical (unpaired) electrons. The molecule has 0 saturated heterocycles. The second-order valence-corrected chi connectivity index (χ2v) is 9.70. The van der Waals surface area contributed by atoms with Gasteiger partial charge in [-0.25, -0.2) is 4.79 Å². The van der Waals surface area contributed by atoms with Crippen molar-refractivity contribution in [1.82, 2.24) is 5.32 Å². The molecule has 2 N–H and O–H groups in total. The first kappa shape index (κ1) is 22.6. The van der Waals surface area contributed by atoms with Crippen LogP contribution in [0.25, 0.3) is 0 Å². The Bertz CT molecular complexity index is 850. The topological polar surface area (TPSA) is 84.5 Å². The average molecular weight is 417 g/mol. The van der Waals surface area contributed by atoms with Crippen molar-refractivity contribution < 1.29 is 19.1 Å². The van der Waals surface area contributed by atoms with Crippen LogP contribution in [0.3, 0.4) is 0 Å². The summed E-state index contributed by atoms with van der Waals surface area (Å²) in [4.78, 5) is 37.0. The van der Waals surface area contributed by atoms with Gasteiger partial charge in [0.15, 0.2) is 6.61 Å². The smallest absolute Gasteiger partial charge is 0.338 e. The molecule has 0 aliphatic rings. The fourth-order valence-corrected chi connectivity index (χ4v) is 3.91. The molecule has 0 unspecified atom stereocenters. The lowest BCUT2D eigenvalue weighted by molar-refractivity contribution is -0.126. The second kappa shape index (κ2) is 9.22. The molecule has 1 aromatic carbocycles. The van der Waals surface area contributed by atoms with Crippen LogP contribution in [0.4, 0.5) is 5.69 Å². The molecular formula is C22H28N2O4S. The van der Waals surface area contributed by atoms with E-state index in [1.165, 1.54) is 11.3 Å². The second-order valence-electron chi connectivity index (χ2n) is 8.75. The minimum atomic E-state index is -0.593. The largest absolute Gasteiger partial charge is 0.452 e. The van der Waals surface area contributed by atoms with E-state index < -0.39 is 11.5 Å². The Morgan fingerprint density at radius 1 is 1.00 bits per heavy atom. The molecule has 2 amide bonds. The summed E-state index contributed by atoms with van der Waals surface area (Å²) < 4.78 is 5.11. The minimum absolute atomic E-state index is 0.0636. The number of amides is 2. The molecule has 1 aromatic heterocycles. The highest BCUT2D eigenvalue weighted by atomic mass is 32.1. The van der Waals surface area contributed by atoms with Crippen molar-refractivity contribution in [3.05, 3.63) is 52.2 Å². The minimum Gasteiger partial charge on any atom is -0.452 e. The number of carbonyl (C=O) groups is 3. The molecule has 2 aromatic rings. The van der Waals surface area contributed by atoms with Gasteiger partial charge >= 0.3 is 5.97 Å². The van der Waals surface area contributed by atoms with Gasteiger partial charge in [0.2, 0.25) is 0 Å². The van der Waals surface area contributed by atoms with Crippen LogP contribution in [0.1, 0.15) is 61.1 Å². The lowest BCUT2D eigenvalue weighted by atomic mass is 9.82. The molecule has 0 aliphatic heterocycles. The number of benzene rings is 1. The first-order valence-electron chi connectivity index (χ1n) is 9.38. The fourth-order valence-electron chi connectivity index (χ4n) is 3.29. The van der Waals surface area contributed by atoms with Crippen LogP contribution in [0, 0.1) is 5.41 Å². The van der Waals surface area contributed by atoms with Gasteiger partial charge in [0.1, 0.15) is 0 Å². The lowest BCUT2D eigenvalue weighted by Gasteiger charge is -2.33. The van der Waals surface area contributed by atoms with Crippen molar-refractivity contribution in [3.8, 4) is 0 Å². The van der Waals surface area contributed by atoms with E-state index in [2.05, 4.69) is 31.4 Å². The van der Waals surface area contributed by atoms with E-state index in [4.69, 9.17) is 4.74 Å². The maximum Gasteiger partial charge on any atom is 0.338 e. The molecule has 2 rings (SSSR count). The lowest BCUT2D eigenvalue weighted by Crippen LogP contribution is -2.47. The summed E-state index contributed by atoms with van der Waals surface area (Å²) in [5, 5.41) is 7.49. The van der Waals surface area contributed by atoms with E-state index in [1.54, 1.807) is 36.4 Å². The molecule has 0 aliphatic carbocycles. The molecule has 156 valence electrons. The Morgan fingerprint density at radius 3 is 2.21 bits per heavy atom. The molecule has 0 bridgehead atoms. The van der Waals surface area contributed by atoms with E-state index in [1.807, 2.05) is 19.2 Å². The first-order chi connectivity index (χ1) is 13.5. The van der Waals surface area contributed by atoms with Gasteiger partial charge in [-0.05, 0) is 61.4 Å². The standard InChI is InChI=1S/C22H28N2O4S/c1-21(2,3)14-22(4,5)24-18(25)13-28-20(27)15-8-10-16(11-9-15)23-19(26)17-7-6-12-29-17/h6-12H,13-14H2,1-5H3,(H,23,26)(H,24,25). The van der Waals surface area contributed by atoms with Crippen molar-refractivity contribution in [2.45, 2.75) is 46.6 Å². The Balaban J connectivity index is 1.84. The van der Waals surface area contributed by atoms with Gasteiger partial charge < -0.3 is 15.4 Å². The van der Waals surface area contributed by atoms with E-state index >= 15 is 0 Å². The summed E-state index contributed by atoms with van der Waals surface area (Å²) in [5.74, 6) is -1.14. The van der Waals surface area contributed by atoms with E-state index in [0.29, 0.717) is 16.1 Å². The predicted octanol–water partition coefficient (Wildman–Crippen LogP) is 4.49. The summed E-state index contributed by atoms with van der Waals surface area (Å²) in [7, 11) is 0. The van der Waals surface area contributed by atoms with Crippen LogP contribution in [0.5, 0.6) is 0 Å². The third kappa shape index (κ3) is 7.69. The molecule has 0 fully saturated rings. The van der Waals surface area contributed by atoms with Gasteiger partial charge in [-0.1, -0.05) is 26.8 Å². The fraction of sp³-hybridized carbons (Fsp3) is 0.409. The van der Waals surface area contributed by atoms with Gasteiger partial charge in [0, 0.05) is 11.2 Å². The van der Waals surface area contributed by atoms with Crippen LogP contribution in [0.2, 0.25) is 0 Å². The Morgan fingerprint density at radius 2 is 1.66 bits per heavy atom. The van der Waals surface area contributed by atoms with Gasteiger partial charge in [-0.15, -0.1) is 11.3 Å². The molecule has 1 heterocycles. The number of anilines is 1. The number of nitrogens with one attached hydrogen (secondary N) is 2. The van der Waals surface area contributed by atoms with Gasteiger partial charge in [-0.2, -0.15) is 0 Å². The van der Waals surface area contributed by atoms with E-state index in [0.717, 1.165) is 6.42 Å². The van der Waals surface area contributed by atoms with Gasteiger partial charge in [-0.3, -0.25) is 9.59 Å². The molecule has 0 atom stereocenters. The summed E-state index contributed by atoms with van der Waals surface area (Å²) in [6.07, 6.45) is 0.790. The molecular weight excluding hydrogens is 388 g/mol. The number of carbonyl (C=O) groups excluding carboxylic acids is 3. The van der Waals surface area contributed by atoms with Crippen LogP contribution < -0.4 is 10.6 Å². The third-order valence-corrected chi connectivity index (χ3v) is 4.78. The maximum atomic E-state index is 12.2. The summed E-state index contributed by atoms with van der Waals surface area (Å²) >= 11 is 1.35. The summed E-state index contributed by atoms with van der Waals surface area (Å²) in [5.41, 5.74) is 0.542. The summed E-state index contributed by atoms with van der Waals surface area (Å²) in [6, 6.07) is 9.88. The summed E-state index contributed by atoms with van der Waals surface area (Å²) in [6.45, 7) is 9.86. The van der Waals surface area contributed by atoms with Gasteiger partial charge in [0.25, 0.3) is 11.8 Å². The van der Waals surface area contributed by atoms with Crippen LogP contribution in [-0.2, 0) is 9.53 Å². The van der Waals surface area contributed by atoms with Crippen LogP contribution >= 0.6 is 11.3 Å². The zero-order valence-corrected chi connectivity index (χ0v) is 18.3. The molecule has 0 saturated carbocycles. The normalized spacial score (nSPS) is 11.6. The van der Waals surface area contributed by atoms with Crippen molar-refractivity contribution in [2.75, 3.05) is 11.9 Å². The van der Waals surface area contributed by atoms with Crippen molar-refractivity contribution in [3.63, 3.8) is 0 Å². The Kier molecular flexibility index (Phi) is 7.19.